The second-order valence-corrected chi connectivity index (χ2v) is 10.1. The lowest BCUT2D eigenvalue weighted by Crippen LogP contribution is -2.23. The van der Waals surface area contributed by atoms with Crippen molar-refractivity contribution in [3.05, 3.63) is 111 Å². The molecule has 3 aromatic carbocycles. The molecule has 0 bridgehead atoms. The molecular formula is C32H29N3O5. The number of pyridine rings is 1. The molecule has 5 rings (SSSR count). The molecule has 0 atom stereocenters. The zero-order chi connectivity index (χ0) is 28.2. The van der Waals surface area contributed by atoms with E-state index in [1.165, 1.54) is 12.1 Å². The number of nitro benzene ring substituents is 1. The van der Waals surface area contributed by atoms with Crippen molar-refractivity contribution in [2.24, 2.45) is 0 Å². The van der Waals surface area contributed by atoms with E-state index in [2.05, 4.69) is 5.32 Å². The fourth-order valence-corrected chi connectivity index (χ4v) is 5.14. The standard InChI is InChI=1S/C32H29N3O5/c1-20(2)24-12-3-5-15-27(24)33-29(36)19-40-32(37)30-25-13-4-6-16-28(25)34-31-22(10-8-14-26(30)31)17-21-9-7-11-23(18-21)35(38)39/h3-7,9,11-13,15-18,20H,8,10,14,19H2,1-2H3,(H,33,36). The van der Waals surface area contributed by atoms with Crippen LogP contribution in [-0.2, 0) is 16.0 Å². The summed E-state index contributed by atoms with van der Waals surface area (Å²) >= 11 is 0. The highest BCUT2D eigenvalue weighted by Crippen LogP contribution is 2.36. The van der Waals surface area contributed by atoms with E-state index < -0.39 is 23.4 Å². The molecular weight excluding hydrogens is 506 g/mol. The topological polar surface area (TPSA) is 111 Å². The van der Waals surface area contributed by atoms with E-state index in [4.69, 9.17) is 9.72 Å². The number of fused-ring (bicyclic) bond motifs is 2. The summed E-state index contributed by atoms with van der Waals surface area (Å²) in [4.78, 5) is 42.0. The van der Waals surface area contributed by atoms with Gasteiger partial charge in [-0.1, -0.05) is 62.4 Å². The Balaban J connectivity index is 1.46. The molecule has 0 saturated carbocycles. The van der Waals surface area contributed by atoms with Gasteiger partial charge < -0.3 is 10.1 Å². The molecule has 0 unspecified atom stereocenters. The Morgan fingerprint density at radius 1 is 1.05 bits per heavy atom. The van der Waals surface area contributed by atoms with Gasteiger partial charge in [-0.3, -0.25) is 14.9 Å². The molecule has 202 valence electrons. The summed E-state index contributed by atoms with van der Waals surface area (Å²) in [5.41, 5.74) is 5.77. The number of aromatic nitrogens is 1. The first-order chi connectivity index (χ1) is 19.3. The fourth-order valence-electron chi connectivity index (χ4n) is 5.14. The number of nitro groups is 1. The fraction of sp³-hybridized carbons (Fsp3) is 0.219. The Kier molecular flexibility index (Phi) is 7.68. The molecule has 0 fully saturated rings. The number of ether oxygens (including phenoxy) is 1. The van der Waals surface area contributed by atoms with Crippen molar-refractivity contribution >= 4 is 45.8 Å². The van der Waals surface area contributed by atoms with Crippen LogP contribution in [0.1, 0.15) is 65.3 Å². The van der Waals surface area contributed by atoms with Crippen LogP contribution in [0.25, 0.3) is 22.6 Å². The van der Waals surface area contributed by atoms with Crippen LogP contribution < -0.4 is 5.32 Å². The number of hydrogen-bond donors (Lipinski definition) is 1. The number of nitrogens with zero attached hydrogens (tertiary/aromatic N) is 2. The highest BCUT2D eigenvalue weighted by Gasteiger charge is 2.26. The van der Waals surface area contributed by atoms with E-state index in [1.54, 1.807) is 12.1 Å². The largest absolute Gasteiger partial charge is 0.452 e. The minimum absolute atomic E-state index is 0.00964. The summed E-state index contributed by atoms with van der Waals surface area (Å²) in [5.74, 6) is -0.781. The number of anilines is 1. The number of benzene rings is 3. The van der Waals surface area contributed by atoms with Crippen LogP contribution >= 0.6 is 0 Å². The molecule has 1 aliphatic carbocycles. The van der Waals surface area contributed by atoms with Crippen LogP contribution in [0.15, 0.2) is 72.8 Å². The number of carbonyl (C=O) groups is 2. The van der Waals surface area contributed by atoms with Crippen molar-refractivity contribution < 1.29 is 19.2 Å². The summed E-state index contributed by atoms with van der Waals surface area (Å²) in [6.45, 7) is 3.67. The Bertz CT molecular complexity index is 1660. The summed E-state index contributed by atoms with van der Waals surface area (Å²) in [7, 11) is 0. The minimum Gasteiger partial charge on any atom is -0.452 e. The Morgan fingerprint density at radius 3 is 2.62 bits per heavy atom. The second kappa shape index (κ2) is 11.5. The van der Waals surface area contributed by atoms with Gasteiger partial charge in [0.2, 0.25) is 0 Å². The van der Waals surface area contributed by atoms with Gasteiger partial charge >= 0.3 is 5.97 Å². The van der Waals surface area contributed by atoms with Crippen molar-refractivity contribution in [2.45, 2.75) is 39.0 Å². The van der Waals surface area contributed by atoms with E-state index >= 15 is 0 Å². The van der Waals surface area contributed by atoms with Crippen LogP contribution in [0.3, 0.4) is 0 Å². The van der Waals surface area contributed by atoms with Gasteiger partial charge in [0.1, 0.15) is 0 Å². The number of carbonyl (C=O) groups excluding carboxylic acids is 2. The van der Waals surface area contributed by atoms with Crippen LogP contribution in [0.4, 0.5) is 11.4 Å². The summed E-state index contributed by atoms with van der Waals surface area (Å²) in [5, 5.41) is 14.8. The zero-order valence-corrected chi connectivity index (χ0v) is 22.3. The molecule has 0 saturated heterocycles. The molecule has 8 nitrogen and oxygen atoms in total. The number of esters is 1. The third kappa shape index (κ3) is 5.61. The monoisotopic (exact) mass is 535 g/mol. The van der Waals surface area contributed by atoms with Gasteiger partial charge in [0.15, 0.2) is 6.61 Å². The molecule has 0 spiro atoms. The van der Waals surface area contributed by atoms with E-state index in [0.717, 1.165) is 23.1 Å². The lowest BCUT2D eigenvalue weighted by molar-refractivity contribution is -0.384. The number of rotatable bonds is 7. The quantitative estimate of drug-likeness (QED) is 0.156. The lowest BCUT2D eigenvalue weighted by atomic mass is 9.86. The van der Waals surface area contributed by atoms with Gasteiger partial charge in [0, 0.05) is 23.2 Å². The maximum Gasteiger partial charge on any atom is 0.339 e. The van der Waals surface area contributed by atoms with E-state index in [1.807, 2.05) is 68.5 Å². The number of non-ortho nitro benzene ring substituents is 1. The van der Waals surface area contributed by atoms with Crippen LogP contribution in [0, 0.1) is 10.1 Å². The summed E-state index contributed by atoms with van der Waals surface area (Å²) in [6.07, 6.45) is 4.01. The molecule has 1 amide bonds. The molecule has 1 heterocycles. The number of nitrogens with one attached hydrogen (secondary N) is 1. The Labute approximate surface area is 231 Å². The summed E-state index contributed by atoms with van der Waals surface area (Å²) < 4.78 is 5.56. The summed E-state index contributed by atoms with van der Waals surface area (Å²) in [6, 6.07) is 21.3. The van der Waals surface area contributed by atoms with Crippen molar-refractivity contribution in [3.63, 3.8) is 0 Å². The van der Waals surface area contributed by atoms with E-state index in [-0.39, 0.29) is 11.6 Å². The first kappa shape index (κ1) is 26.7. The SMILES string of the molecule is CC(C)c1ccccc1NC(=O)COC(=O)c1c2c(nc3ccccc13)C(=Cc1cccc([N+](=O)[O-])c1)CCC2. The smallest absolute Gasteiger partial charge is 0.339 e. The second-order valence-electron chi connectivity index (χ2n) is 10.1. The van der Waals surface area contributed by atoms with Gasteiger partial charge in [-0.2, -0.15) is 0 Å². The van der Waals surface area contributed by atoms with E-state index in [9.17, 15) is 19.7 Å². The molecule has 4 aromatic rings. The zero-order valence-electron chi connectivity index (χ0n) is 22.3. The van der Waals surface area contributed by atoms with Gasteiger partial charge in [0.05, 0.1) is 21.7 Å². The van der Waals surface area contributed by atoms with Crippen molar-refractivity contribution in [3.8, 4) is 0 Å². The molecule has 1 aromatic heterocycles. The number of amides is 1. The van der Waals surface area contributed by atoms with Gasteiger partial charge in [0.25, 0.3) is 11.6 Å². The van der Waals surface area contributed by atoms with Gasteiger partial charge in [-0.25, -0.2) is 9.78 Å². The first-order valence-corrected chi connectivity index (χ1v) is 13.2. The van der Waals surface area contributed by atoms with Crippen molar-refractivity contribution in [1.29, 1.82) is 0 Å². The van der Waals surface area contributed by atoms with Crippen molar-refractivity contribution in [1.82, 2.24) is 4.98 Å². The average Bonchev–Trinajstić information content (AvgIpc) is 2.95. The maximum absolute atomic E-state index is 13.5. The first-order valence-electron chi connectivity index (χ1n) is 13.2. The predicted molar refractivity (Wildman–Crippen MR) is 155 cm³/mol. The normalized spacial score (nSPS) is 13.7. The maximum atomic E-state index is 13.5. The molecule has 8 heteroatoms. The third-order valence-corrected chi connectivity index (χ3v) is 6.99. The molecule has 1 aliphatic rings. The predicted octanol–water partition coefficient (Wildman–Crippen LogP) is 6.94. The molecule has 1 N–H and O–H groups in total. The highest BCUT2D eigenvalue weighted by atomic mass is 16.6. The molecule has 0 aliphatic heterocycles. The van der Waals surface area contributed by atoms with Gasteiger partial charge in [-0.15, -0.1) is 0 Å². The lowest BCUT2D eigenvalue weighted by Gasteiger charge is -2.22. The van der Waals surface area contributed by atoms with Gasteiger partial charge in [-0.05, 0) is 65.7 Å². The number of para-hydroxylation sites is 2. The number of allylic oxidation sites excluding steroid dienone is 1. The molecule has 40 heavy (non-hydrogen) atoms. The van der Waals surface area contributed by atoms with Crippen LogP contribution in [0.2, 0.25) is 0 Å². The molecule has 0 radical (unpaired) electrons. The average molecular weight is 536 g/mol. The number of hydrogen-bond acceptors (Lipinski definition) is 6. The van der Waals surface area contributed by atoms with Crippen molar-refractivity contribution in [2.75, 3.05) is 11.9 Å². The third-order valence-electron chi connectivity index (χ3n) is 6.99. The Morgan fingerprint density at radius 2 is 1.82 bits per heavy atom. The van der Waals surface area contributed by atoms with Crippen LogP contribution in [-0.4, -0.2) is 28.4 Å². The minimum atomic E-state index is -0.584. The van der Waals surface area contributed by atoms with Crippen LogP contribution in [0.5, 0.6) is 0 Å². The van der Waals surface area contributed by atoms with E-state index in [0.29, 0.717) is 46.3 Å². The Hall–Kier alpha value is -4.85. The highest BCUT2D eigenvalue weighted by molar-refractivity contribution is 6.07.